The van der Waals surface area contributed by atoms with Gasteiger partial charge in [-0.25, -0.2) is 9.50 Å². The fraction of sp³-hybridized carbons (Fsp3) is 0.312. The SMILES string of the molecule is Cn1ncc(C(=O)N2CCC2)c1C(=O)Cc1ccn2nc(Br)nc2c1. The summed E-state index contributed by atoms with van der Waals surface area (Å²) in [7, 11) is 1.68. The Kier molecular flexibility index (Phi) is 3.87. The minimum Gasteiger partial charge on any atom is -0.338 e. The van der Waals surface area contributed by atoms with Gasteiger partial charge in [0.05, 0.1) is 11.8 Å². The van der Waals surface area contributed by atoms with Crippen LogP contribution in [0.3, 0.4) is 0 Å². The van der Waals surface area contributed by atoms with Crippen LogP contribution in [0, 0.1) is 0 Å². The molecule has 0 aromatic carbocycles. The van der Waals surface area contributed by atoms with Gasteiger partial charge in [-0.3, -0.25) is 14.3 Å². The smallest absolute Gasteiger partial charge is 0.257 e. The largest absolute Gasteiger partial charge is 0.338 e. The second-order valence-corrected chi connectivity index (χ2v) is 6.70. The number of fused-ring (bicyclic) bond motifs is 1. The topological polar surface area (TPSA) is 85.4 Å². The summed E-state index contributed by atoms with van der Waals surface area (Å²) < 4.78 is 3.59. The van der Waals surface area contributed by atoms with Gasteiger partial charge in [-0.05, 0) is 40.0 Å². The zero-order chi connectivity index (χ0) is 17.6. The molecule has 4 rings (SSSR count). The molecule has 3 aromatic rings. The summed E-state index contributed by atoms with van der Waals surface area (Å²) in [6.07, 6.45) is 4.40. The standard InChI is InChI=1S/C16H15BrN6O2/c1-21-14(11(9-18-21)15(25)22-4-2-5-22)12(24)7-10-3-6-23-13(8-10)19-16(17)20-23/h3,6,8-9H,2,4-5,7H2,1H3. The number of ketones is 1. The zero-order valence-corrected chi connectivity index (χ0v) is 15.1. The maximum Gasteiger partial charge on any atom is 0.257 e. The van der Waals surface area contributed by atoms with Crippen molar-refractivity contribution in [3.63, 3.8) is 0 Å². The minimum absolute atomic E-state index is 0.125. The first-order valence-electron chi connectivity index (χ1n) is 7.88. The second-order valence-electron chi connectivity index (χ2n) is 5.99. The number of halogens is 1. The minimum atomic E-state index is -0.146. The lowest BCUT2D eigenvalue weighted by Gasteiger charge is -2.30. The number of nitrogens with zero attached hydrogens (tertiary/aromatic N) is 6. The number of likely N-dealkylation sites (tertiary alicyclic amines) is 1. The van der Waals surface area contributed by atoms with Crippen LogP contribution in [0.25, 0.3) is 5.65 Å². The third-order valence-electron chi connectivity index (χ3n) is 4.32. The van der Waals surface area contributed by atoms with Gasteiger partial charge in [-0.1, -0.05) is 0 Å². The molecule has 0 aliphatic carbocycles. The maximum absolute atomic E-state index is 12.8. The molecule has 8 nitrogen and oxygen atoms in total. The lowest BCUT2D eigenvalue weighted by Crippen LogP contribution is -2.42. The summed E-state index contributed by atoms with van der Waals surface area (Å²) in [5.74, 6) is -0.272. The summed E-state index contributed by atoms with van der Waals surface area (Å²) in [6, 6.07) is 3.63. The predicted octanol–water partition coefficient (Wildman–Crippen LogP) is 1.50. The molecule has 1 saturated heterocycles. The molecule has 0 unspecified atom stereocenters. The van der Waals surface area contributed by atoms with E-state index in [1.54, 1.807) is 22.7 Å². The number of Topliss-reactive ketones (excluding diaryl/α,β-unsaturated/α-hetero) is 1. The van der Waals surface area contributed by atoms with Crippen LogP contribution in [-0.2, 0) is 13.5 Å². The van der Waals surface area contributed by atoms with E-state index in [2.05, 4.69) is 31.1 Å². The van der Waals surface area contributed by atoms with Crippen molar-refractivity contribution in [2.24, 2.45) is 7.05 Å². The Morgan fingerprint density at radius 2 is 2.12 bits per heavy atom. The van der Waals surface area contributed by atoms with Crippen molar-refractivity contribution in [2.45, 2.75) is 12.8 Å². The molecule has 9 heteroatoms. The van der Waals surface area contributed by atoms with E-state index < -0.39 is 0 Å². The van der Waals surface area contributed by atoms with Gasteiger partial charge in [0.15, 0.2) is 11.4 Å². The van der Waals surface area contributed by atoms with Gasteiger partial charge in [0.1, 0.15) is 5.69 Å². The normalized spacial score (nSPS) is 13.9. The Labute approximate surface area is 151 Å². The Bertz CT molecular complexity index is 988. The molecule has 1 amide bonds. The van der Waals surface area contributed by atoms with Crippen molar-refractivity contribution >= 4 is 33.3 Å². The monoisotopic (exact) mass is 402 g/mol. The quantitative estimate of drug-likeness (QED) is 0.617. The first-order valence-corrected chi connectivity index (χ1v) is 8.67. The van der Waals surface area contributed by atoms with E-state index in [-0.39, 0.29) is 18.1 Å². The van der Waals surface area contributed by atoms with E-state index in [0.29, 0.717) is 21.6 Å². The van der Waals surface area contributed by atoms with Crippen LogP contribution in [0.1, 0.15) is 32.8 Å². The van der Waals surface area contributed by atoms with Crippen molar-refractivity contribution in [2.75, 3.05) is 13.1 Å². The number of rotatable bonds is 4. The molecule has 0 spiro atoms. The summed E-state index contributed by atoms with van der Waals surface area (Å²) in [6.45, 7) is 1.47. The fourth-order valence-electron chi connectivity index (χ4n) is 2.89. The third kappa shape index (κ3) is 2.84. The molecule has 1 aliphatic heterocycles. The van der Waals surface area contributed by atoms with Gasteiger partial charge in [-0.2, -0.15) is 5.10 Å². The number of aromatic nitrogens is 5. The average Bonchev–Trinajstić information content (AvgIpc) is 3.06. The van der Waals surface area contributed by atoms with E-state index in [9.17, 15) is 9.59 Å². The van der Waals surface area contributed by atoms with E-state index >= 15 is 0 Å². The molecule has 3 aromatic heterocycles. The van der Waals surface area contributed by atoms with Crippen molar-refractivity contribution in [1.82, 2.24) is 29.3 Å². The highest BCUT2D eigenvalue weighted by molar-refractivity contribution is 9.10. The molecular weight excluding hydrogens is 388 g/mol. The van der Waals surface area contributed by atoms with E-state index in [4.69, 9.17) is 0 Å². The van der Waals surface area contributed by atoms with Gasteiger partial charge in [-0.15, -0.1) is 5.10 Å². The molecule has 1 fully saturated rings. The molecular formula is C16H15BrN6O2. The van der Waals surface area contributed by atoms with Gasteiger partial charge in [0, 0.05) is 32.8 Å². The average molecular weight is 403 g/mol. The fourth-order valence-corrected chi connectivity index (χ4v) is 3.24. The summed E-state index contributed by atoms with van der Waals surface area (Å²) in [4.78, 5) is 31.3. The molecule has 128 valence electrons. The number of aryl methyl sites for hydroxylation is 1. The molecule has 1 aliphatic rings. The predicted molar refractivity (Wildman–Crippen MR) is 92.5 cm³/mol. The Hall–Kier alpha value is -2.55. The van der Waals surface area contributed by atoms with Crippen LogP contribution in [0.4, 0.5) is 0 Å². The molecule has 0 atom stereocenters. The van der Waals surface area contributed by atoms with Crippen LogP contribution in [0.2, 0.25) is 0 Å². The highest BCUT2D eigenvalue weighted by atomic mass is 79.9. The Morgan fingerprint density at radius 3 is 2.84 bits per heavy atom. The van der Waals surface area contributed by atoms with Crippen LogP contribution in [0.15, 0.2) is 29.3 Å². The maximum atomic E-state index is 12.8. The molecule has 0 radical (unpaired) electrons. The lowest BCUT2D eigenvalue weighted by atomic mass is 10.0. The first kappa shape index (κ1) is 15.9. The number of carbonyl (C=O) groups is 2. The lowest BCUT2D eigenvalue weighted by molar-refractivity contribution is 0.0647. The van der Waals surface area contributed by atoms with Gasteiger partial charge in [0.25, 0.3) is 5.91 Å². The highest BCUT2D eigenvalue weighted by Gasteiger charge is 2.28. The summed E-state index contributed by atoms with van der Waals surface area (Å²) in [5.41, 5.74) is 2.18. The number of hydrogen-bond acceptors (Lipinski definition) is 5. The molecule has 4 heterocycles. The third-order valence-corrected chi connectivity index (χ3v) is 4.65. The van der Waals surface area contributed by atoms with Crippen molar-refractivity contribution in [3.05, 3.63) is 46.1 Å². The van der Waals surface area contributed by atoms with E-state index in [0.717, 1.165) is 25.1 Å². The van der Waals surface area contributed by atoms with Gasteiger partial charge < -0.3 is 4.90 Å². The molecule has 25 heavy (non-hydrogen) atoms. The van der Waals surface area contributed by atoms with E-state index in [1.165, 1.54) is 10.9 Å². The Balaban J connectivity index is 1.61. The molecule has 0 bridgehead atoms. The number of pyridine rings is 1. The van der Waals surface area contributed by atoms with Crippen molar-refractivity contribution in [1.29, 1.82) is 0 Å². The highest BCUT2D eigenvalue weighted by Crippen LogP contribution is 2.18. The van der Waals surface area contributed by atoms with Crippen LogP contribution in [-0.4, -0.2) is 54.1 Å². The van der Waals surface area contributed by atoms with E-state index in [1.807, 2.05) is 12.1 Å². The van der Waals surface area contributed by atoms with Crippen LogP contribution >= 0.6 is 15.9 Å². The second kappa shape index (κ2) is 6.07. The molecule has 0 N–H and O–H groups in total. The number of carbonyl (C=O) groups excluding carboxylic acids is 2. The number of amides is 1. The summed E-state index contributed by atoms with van der Waals surface area (Å²) >= 11 is 3.23. The first-order chi connectivity index (χ1) is 12.0. The van der Waals surface area contributed by atoms with Crippen molar-refractivity contribution < 1.29 is 9.59 Å². The van der Waals surface area contributed by atoms with Crippen LogP contribution in [0.5, 0.6) is 0 Å². The molecule has 0 saturated carbocycles. The van der Waals surface area contributed by atoms with Gasteiger partial charge in [0.2, 0.25) is 4.73 Å². The van der Waals surface area contributed by atoms with Crippen molar-refractivity contribution in [3.8, 4) is 0 Å². The zero-order valence-electron chi connectivity index (χ0n) is 13.5. The Morgan fingerprint density at radius 1 is 1.32 bits per heavy atom. The van der Waals surface area contributed by atoms with Crippen LogP contribution < -0.4 is 0 Å². The van der Waals surface area contributed by atoms with Gasteiger partial charge >= 0.3 is 0 Å². The summed E-state index contributed by atoms with van der Waals surface area (Å²) in [5, 5.41) is 8.25. The number of hydrogen-bond donors (Lipinski definition) is 0.